The monoisotopic (exact) mass is 457 g/mol. The van der Waals surface area contributed by atoms with E-state index in [-0.39, 0.29) is 16.3 Å². The van der Waals surface area contributed by atoms with Crippen LogP contribution in [-0.2, 0) is 0 Å². The lowest BCUT2D eigenvalue weighted by molar-refractivity contribution is -0.384. The molecule has 11 heteroatoms. The number of nitrogens with one attached hydrogen (secondary N) is 1. The lowest BCUT2D eigenvalue weighted by atomic mass is 10.2. The van der Waals surface area contributed by atoms with Crippen molar-refractivity contribution in [3.63, 3.8) is 0 Å². The van der Waals surface area contributed by atoms with Crippen molar-refractivity contribution in [2.75, 3.05) is 12.4 Å². The average Bonchev–Trinajstić information content (AvgIpc) is 3.17. The normalized spacial score (nSPS) is 10.8. The molecule has 0 saturated carbocycles. The van der Waals surface area contributed by atoms with Crippen LogP contribution < -0.4 is 10.1 Å². The summed E-state index contributed by atoms with van der Waals surface area (Å²) in [7, 11) is 1.53. The van der Waals surface area contributed by atoms with Gasteiger partial charge in [0.05, 0.1) is 22.7 Å². The number of ether oxygens (including phenoxy) is 1. The van der Waals surface area contributed by atoms with Crippen LogP contribution >= 0.6 is 23.2 Å². The van der Waals surface area contributed by atoms with E-state index < -0.39 is 10.8 Å². The van der Waals surface area contributed by atoms with Crippen LogP contribution in [0.2, 0.25) is 10.0 Å². The summed E-state index contributed by atoms with van der Waals surface area (Å²) in [4.78, 5) is 24.3. The predicted molar refractivity (Wildman–Crippen MR) is 116 cm³/mol. The van der Waals surface area contributed by atoms with Crippen LogP contribution in [0.15, 0.2) is 54.6 Å². The van der Waals surface area contributed by atoms with Crippen molar-refractivity contribution in [3.8, 4) is 11.4 Å². The Hall–Kier alpha value is -3.69. The van der Waals surface area contributed by atoms with E-state index in [0.29, 0.717) is 33.2 Å². The standard InChI is InChI=1S/C20H13Cl2N5O4/c1-31-19-7-4-13(10-15(19)22)26-24-16-6-3-12(9-17(16)25-26)23-20(28)11-2-5-14(21)18(8-11)27(29)30/h2-10H,1H3,(H,23,28). The van der Waals surface area contributed by atoms with Gasteiger partial charge in [-0.25, -0.2) is 0 Å². The molecule has 0 unspecified atom stereocenters. The van der Waals surface area contributed by atoms with Crippen molar-refractivity contribution < 1.29 is 14.5 Å². The van der Waals surface area contributed by atoms with Crippen molar-refractivity contribution in [3.05, 3.63) is 80.3 Å². The number of rotatable bonds is 5. The Morgan fingerprint density at radius 2 is 1.81 bits per heavy atom. The molecule has 0 atom stereocenters. The lowest BCUT2D eigenvalue weighted by Gasteiger charge is -2.05. The summed E-state index contributed by atoms with van der Waals surface area (Å²) in [6, 6.07) is 14.0. The van der Waals surface area contributed by atoms with Crippen molar-refractivity contribution in [1.29, 1.82) is 0 Å². The minimum atomic E-state index is -0.644. The van der Waals surface area contributed by atoms with Gasteiger partial charge in [-0.15, -0.1) is 10.2 Å². The molecule has 3 aromatic carbocycles. The Morgan fingerprint density at radius 1 is 1.03 bits per heavy atom. The third-order valence-corrected chi connectivity index (χ3v) is 5.02. The second-order valence-corrected chi connectivity index (χ2v) is 7.20. The summed E-state index contributed by atoms with van der Waals surface area (Å²) < 4.78 is 5.14. The van der Waals surface area contributed by atoms with Gasteiger partial charge in [0.1, 0.15) is 21.8 Å². The topological polar surface area (TPSA) is 112 Å². The minimum absolute atomic E-state index is 0.0433. The van der Waals surface area contributed by atoms with Crippen molar-refractivity contribution in [2.24, 2.45) is 0 Å². The van der Waals surface area contributed by atoms with E-state index in [4.69, 9.17) is 27.9 Å². The fraction of sp³-hybridized carbons (Fsp3) is 0.0500. The number of methoxy groups -OCH3 is 1. The van der Waals surface area contributed by atoms with E-state index in [0.717, 1.165) is 6.07 Å². The molecule has 31 heavy (non-hydrogen) atoms. The summed E-state index contributed by atoms with van der Waals surface area (Å²) in [5.74, 6) is 0.0167. The molecule has 4 aromatic rings. The molecule has 1 amide bonds. The summed E-state index contributed by atoms with van der Waals surface area (Å²) in [6.07, 6.45) is 0. The summed E-state index contributed by atoms with van der Waals surface area (Å²) in [6.45, 7) is 0. The number of benzene rings is 3. The van der Waals surface area contributed by atoms with Crippen LogP contribution in [-0.4, -0.2) is 32.9 Å². The molecule has 1 heterocycles. The summed E-state index contributed by atoms with van der Waals surface area (Å²) in [5.41, 5.74) is 1.99. The zero-order valence-corrected chi connectivity index (χ0v) is 17.4. The Labute approximate surface area is 185 Å². The van der Waals surface area contributed by atoms with Crippen LogP contribution in [0.1, 0.15) is 10.4 Å². The lowest BCUT2D eigenvalue weighted by Crippen LogP contribution is -2.12. The maximum Gasteiger partial charge on any atom is 0.288 e. The van der Waals surface area contributed by atoms with Gasteiger partial charge in [0.25, 0.3) is 11.6 Å². The fourth-order valence-corrected chi connectivity index (χ4v) is 3.32. The summed E-state index contributed by atoms with van der Waals surface area (Å²) in [5, 5.41) is 22.9. The molecule has 0 bridgehead atoms. The average molecular weight is 458 g/mol. The van der Waals surface area contributed by atoms with Crippen molar-refractivity contribution in [2.45, 2.75) is 0 Å². The van der Waals surface area contributed by atoms with Gasteiger partial charge in [0.2, 0.25) is 0 Å². The van der Waals surface area contributed by atoms with Gasteiger partial charge < -0.3 is 10.1 Å². The first-order valence-electron chi connectivity index (χ1n) is 8.82. The smallest absolute Gasteiger partial charge is 0.288 e. The third kappa shape index (κ3) is 4.14. The zero-order valence-electron chi connectivity index (χ0n) is 15.9. The molecular formula is C20H13Cl2N5O4. The number of nitro benzene ring substituents is 1. The van der Waals surface area contributed by atoms with Gasteiger partial charge in [0.15, 0.2) is 0 Å². The van der Waals surface area contributed by atoms with Crippen LogP contribution in [0.4, 0.5) is 11.4 Å². The van der Waals surface area contributed by atoms with Crippen molar-refractivity contribution in [1.82, 2.24) is 15.0 Å². The number of aromatic nitrogens is 3. The molecule has 0 radical (unpaired) electrons. The van der Waals surface area contributed by atoms with E-state index in [1.165, 1.54) is 24.0 Å². The number of hydrogen-bond donors (Lipinski definition) is 1. The molecular weight excluding hydrogens is 445 g/mol. The first-order valence-corrected chi connectivity index (χ1v) is 9.57. The predicted octanol–water partition coefficient (Wildman–Crippen LogP) is 4.90. The fourth-order valence-electron chi connectivity index (χ4n) is 2.88. The zero-order chi connectivity index (χ0) is 22.1. The maximum absolute atomic E-state index is 12.5. The van der Waals surface area contributed by atoms with Gasteiger partial charge in [-0.05, 0) is 48.5 Å². The number of nitrogens with zero attached hydrogens (tertiary/aromatic N) is 4. The molecule has 0 aliphatic heterocycles. The summed E-state index contributed by atoms with van der Waals surface area (Å²) >= 11 is 12.0. The van der Waals surface area contributed by atoms with Crippen LogP contribution in [0.3, 0.4) is 0 Å². The highest BCUT2D eigenvalue weighted by Crippen LogP contribution is 2.28. The van der Waals surface area contributed by atoms with Gasteiger partial charge in [-0.2, -0.15) is 4.80 Å². The molecule has 0 aliphatic carbocycles. The molecule has 1 aromatic heterocycles. The number of fused-ring (bicyclic) bond motifs is 1. The first-order chi connectivity index (χ1) is 14.9. The number of carbonyl (C=O) groups is 1. The highest BCUT2D eigenvalue weighted by atomic mass is 35.5. The molecule has 9 nitrogen and oxygen atoms in total. The van der Waals surface area contributed by atoms with E-state index >= 15 is 0 Å². The first kappa shape index (κ1) is 20.6. The molecule has 156 valence electrons. The maximum atomic E-state index is 12.5. The quantitative estimate of drug-likeness (QED) is 0.337. The second kappa shape index (κ2) is 8.21. The molecule has 0 saturated heterocycles. The third-order valence-electron chi connectivity index (χ3n) is 4.41. The number of nitro groups is 1. The Bertz CT molecular complexity index is 1340. The van der Waals surface area contributed by atoms with E-state index in [1.807, 2.05) is 0 Å². The minimum Gasteiger partial charge on any atom is -0.495 e. The van der Waals surface area contributed by atoms with Crippen molar-refractivity contribution >= 4 is 51.5 Å². The second-order valence-electron chi connectivity index (χ2n) is 6.39. The number of halogens is 2. The van der Waals surface area contributed by atoms with Gasteiger partial charge in [-0.1, -0.05) is 23.2 Å². The SMILES string of the molecule is COc1ccc(-n2nc3ccc(NC(=O)c4ccc(Cl)c([N+](=O)[O-])c4)cc3n2)cc1Cl. The molecule has 0 aliphatic rings. The van der Waals surface area contributed by atoms with Crippen LogP contribution in [0.5, 0.6) is 5.75 Å². The van der Waals surface area contributed by atoms with Gasteiger partial charge in [-0.3, -0.25) is 14.9 Å². The van der Waals surface area contributed by atoms with E-state index in [9.17, 15) is 14.9 Å². The Balaban J connectivity index is 1.60. The molecule has 1 N–H and O–H groups in total. The molecule has 4 rings (SSSR count). The Morgan fingerprint density at radius 3 is 2.52 bits per heavy atom. The van der Waals surface area contributed by atoms with Gasteiger partial charge in [0, 0.05) is 17.3 Å². The van der Waals surface area contributed by atoms with E-state index in [1.54, 1.807) is 36.4 Å². The van der Waals surface area contributed by atoms with E-state index in [2.05, 4.69) is 15.5 Å². The number of anilines is 1. The molecule has 0 fully saturated rings. The van der Waals surface area contributed by atoms with Gasteiger partial charge >= 0.3 is 0 Å². The number of hydrogen-bond acceptors (Lipinski definition) is 6. The van der Waals surface area contributed by atoms with Crippen LogP contribution in [0.25, 0.3) is 16.7 Å². The highest BCUT2D eigenvalue weighted by molar-refractivity contribution is 6.33. The Kier molecular flexibility index (Phi) is 5.45. The number of amides is 1. The number of carbonyl (C=O) groups excluding carboxylic acids is 1. The molecule has 0 spiro atoms. The van der Waals surface area contributed by atoms with Crippen LogP contribution in [0, 0.1) is 10.1 Å². The largest absolute Gasteiger partial charge is 0.495 e. The highest BCUT2D eigenvalue weighted by Gasteiger charge is 2.17.